The van der Waals surface area contributed by atoms with Crippen LogP contribution in [0.4, 0.5) is 10.5 Å². The second-order valence-electron chi connectivity index (χ2n) is 2.88. The van der Waals surface area contributed by atoms with Crippen molar-refractivity contribution in [1.82, 2.24) is 0 Å². The van der Waals surface area contributed by atoms with E-state index in [4.69, 9.17) is 4.74 Å². The van der Waals surface area contributed by atoms with Crippen LogP contribution in [-0.4, -0.2) is 19.1 Å². The maximum Gasteiger partial charge on any atom is 0.421 e. The highest BCUT2D eigenvalue weighted by Crippen LogP contribution is 2.12. The Bertz CT molecular complexity index is 324. The molecule has 1 rings (SSSR count). The molecule has 0 N–H and O–H groups in total. The van der Waals surface area contributed by atoms with Crippen LogP contribution in [0, 0.1) is 0 Å². The van der Waals surface area contributed by atoms with E-state index in [1.807, 2.05) is 6.92 Å². The molecule has 0 unspecified atom stereocenters. The molecule has 79 valence electrons. The van der Waals surface area contributed by atoms with Crippen LogP contribution in [0.1, 0.15) is 13.3 Å². The van der Waals surface area contributed by atoms with Crippen molar-refractivity contribution < 1.29 is 14.3 Å². The molecule has 0 spiro atoms. The van der Waals surface area contributed by atoms with Gasteiger partial charge >= 0.3 is 12.5 Å². The molecule has 0 fully saturated rings. The van der Waals surface area contributed by atoms with Gasteiger partial charge in [0.25, 0.3) is 0 Å². The van der Waals surface area contributed by atoms with E-state index in [1.54, 1.807) is 30.3 Å². The molecule has 2 amide bonds. The molecule has 4 heteroatoms. The highest BCUT2D eigenvalue weighted by molar-refractivity contribution is 6.03. The van der Waals surface area contributed by atoms with Crippen LogP contribution < -0.4 is 4.90 Å². The summed E-state index contributed by atoms with van der Waals surface area (Å²) in [6.07, 6.45) is 1.56. The third-order valence-corrected chi connectivity index (χ3v) is 1.72. The lowest BCUT2D eigenvalue weighted by molar-refractivity contribution is 0.157. The lowest BCUT2D eigenvalue weighted by Crippen LogP contribution is -2.30. The zero-order valence-corrected chi connectivity index (χ0v) is 8.47. The predicted molar refractivity (Wildman–Crippen MR) is 56.3 cm³/mol. The first-order valence-corrected chi connectivity index (χ1v) is 4.69. The predicted octanol–water partition coefficient (Wildman–Crippen LogP) is 2.11. The van der Waals surface area contributed by atoms with Gasteiger partial charge in [0.1, 0.15) is 0 Å². The molecule has 15 heavy (non-hydrogen) atoms. The first-order chi connectivity index (χ1) is 7.29. The Labute approximate surface area is 88.5 Å². The number of anilines is 1. The number of carbonyl (C=O) groups is 1. The minimum absolute atomic E-state index is 0.295. The van der Waals surface area contributed by atoms with Gasteiger partial charge in [-0.2, -0.15) is 0 Å². The van der Waals surface area contributed by atoms with E-state index in [0.717, 1.165) is 4.90 Å². The Balaban J connectivity index is 2.72. The first-order valence-electron chi connectivity index (χ1n) is 4.69. The molecule has 1 aromatic carbocycles. The fourth-order valence-corrected chi connectivity index (χ4v) is 1.03. The number of rotatable bonds is 4. The summed E-state index contributed by atoms with van der Waals surface area (Å²) < 4.78 is 4.82. The van der Waals surface area contributed by atoms with Gasteiger partial charge in [-0.15, -0.1) is 0 Å². The number of hydrogen-bond donors (Lipinski definition) is 0. The average molecular weight is 206 g/mol. The molecule has 1 radical (unpaired) electrons. The summed E-state index contributed by atoms with van der Waals surface area (Å²) >= 11 is 0. The fraction of sp³-hybridized carbons (Fsp3) is 0.273. The number of hydrogen-bond acceptors (Lipinski definition) is 3. The van der Waals surface area contributed by atoms with Crippen LogP contribution in [0.25, 0.3) is 0 Å². The van der Waals surface area contributed by atoms with E-state index < -0.39 is 6.09 Å². The molecule has 0 aromatic heterocycles. The average Bonchev–Trinajstić information content (AvgIpc) is 2.29. The SMILES string of the molecule is CCCOC(=O)N([C]=O)c1ccccc1. The van der Waals surface area contributed by atoms with E-state index in [2.05, 4.69) is 0 Å². The molecule has 0 aliphatic carbocycles. The van der Waals surface area contributed by atoms with Crippen LogP contribution in [0.15, 0.2) is 30.3 Å². The Morgan fingerprint density at radius 2 is 2.07 bits per heavy atom. The second kappa shape index (κ2) is 5.80. The Kier molecular flexibility index (Phi) is 4.34. The summed E-state index contributed by atoms with van der Waals surface area (Å²) in [6, 6.07) is 8.53. The van der Waals surface area contributed by atoms with Crippen LogP contribution in [0.3, 0.4) is 0 Å². The number of imide groups is 1. The van der Waals surface area contributed by atoms with E-state index in [-0.39, 0.29) is 0 Å². The third kappa shape index (κ3) is 3.09. The summed E-state index contributed by atoms with van der Waals surface area (Å²) in [7, 11) is 0. The molecule has 0 aliphatic rings. The summed E-state index contributed by atoms with van der Waals surface area (Å²) in [5.74, 6) is 0. The van der Waals surface area contributed by atoms with E-state index in [9.17, 15) is 9.59 Å². The van der Waals surface area contributed by atoms with Crippen LogP contribution in [-0.2, 0) is 9.53 Å². The van der Waals surface area contributed by atoms with Crippen LogP contribution in [0.2, 0.25) is 0 Å². The topological polar surface area (TPSA) is 46.6 Å². The summed E-state index contributed by atoms with van der Waals surface area (Å²) in [6.45, 7) is 2.18. The van der Waals surface area contributed by atoms with Gasteiger partial charge in [0.2, 0.25) is 0 Å². The van der Waals surface area contributed by atoms with Gasteiger partial charge in [-0.05, 0) is 18.6 Å². The van der Waals surface area contributed by atoms with Gasteiger partial charge in [-0.1, -0.05) is 25.1 Å². The molecule has 0 bridgehead atoms. The van der Waals surface area contributed by atoms with E-state index in [1.165, 1.54) is 6.41 Å². The minimum atomic E-state index is -0.696. The largest absolute Gasteiger partial charge is 0.449 e. The van der Waals surface area contributed by atoms with Gasteiger partial charge in [-0.25, -0.2) is 9.69 Å². The third-order valence-electron chi connectivity index (χ3n) is 1.72. The summed E-state index contributed by atoms with van der Waals surface area (Å²) in [4.78, 5) is 22.8. The van der Waals surface area contributed by atoms with Gasteiger partial charge < -0.3 is 4.74 Å². The number of benzene rings is 1. The number of carbonyl (C=O) groups excluding carboxylic acids is 2. The zero-order chi connectivity index (χ0) is 11.1. The van der Waals surface area contributed by atoms with Crippen molar-refractivity contribution in [3.8, 4) is 0 Å². The summed E-state index contributed by atoms with van der Waals surface area (Å²) in [5.41, 5.74) is 0.452. The van der Waals surface area contributed by atoms with Crippen molar-refractivity contribution in [1.29, 1.82) is 0 Å². The van der Waals surface area contributed by atoms with Crippen LogP contribution >= 0.6 is 0 Å². The second-order valence-corrected chi connectivity index (χ2v) is 2.88. The molecule has 1 aromatic rings. The Morgan fingerprint density at radius 1 is 1.40 bits per heavy atom. The van der Waals surface area contributed by atoms with E-state index >= 15 is 0 Å². The molecule has 4 nitrogen and oxygen atoms in total. The van der Waals surface area contributed by atoms with Gasteiger partial charge in [-0.3, -0.25) is 4.79 Å². The van der Waals surface area contributed by atoms with Gasteiger partial charge in [0, 0.05) is 0 Å². The van der Waals surface area contributed by atoms with E-state index in [0.29, 0.717) is 18.7 Å². The normalized spacial score (nSPS) is 9.40. The van der Waals surface area contributed by atoms with Gasteiger partial charge in [0.05, 0.1) is 12.3 Å². The van der Waals surface area contributed by atoms with Crippen molar-refractivity contribution in [2.45, 2.75) is 13.3 Å². The van der Waals surface area contributed by atoms with Crippen molar-refractivity contribution in [3.05, 3.63) is 30.3 Å². The van der Waals surface area contributed by atoms with Crippen molar-refractivity contribution in [3.63, 3.8) is 0 Å². The molecule has 0 saturated heterocycles. The number of amides is 2. The summed E-state index contributed by atoms with van der Waals surface area (Å²) in [5, 5.41) is 0. The molecular formula is C11H12NO3. The molecular weight excluding hydrogens is 194 g/mol. The standard InChI is InChI=1S/C11H12NO3/c1-2-8-15-11(14)12(9-13)10-6-4-3-5-7-10/h3-7H,2,8H2,1H3. The van der Waals surface area contributed by atoms with Crippen LogP contribution in [0.5, 0.6) is 0 Å². The lowest BCUT2D eigenvalue weighted by Gasteiger charge is -2.13. The molecule has 0 saturated carbocycles. The monoisotopic (exact) mass is 206 g/mol. The number of para-hydroxylation sites is 1. The first kappa shape index (κ1) is 11.2. The quantitative estimate of drug-likeness (QED) is 0.709. The Hall–Kier alpha value is -1.84. The maximum atomic E-state index is 11.4. The zero-order valence-electron chi connectivity index (χ0n) is 8.47. The molecule has 0 heterocycles. The van der Waals surface area contributed by atoms with Crippen molar-refractivity contribution >= 4 is 18.2 Å². The van der Waals surface area contributed by atoms with Crippen molar-refractivity contribution in [2.24, 2.45) is 0 Å². The van der Waals surface area contributed by atoms with Crippen molar-refractivity contribution in [2.75, 3.05) is 11.5 Å². The maximum absolute atomic E-state index is 11.4. The Morgan fingerprint density at radius 3 is 2.60 bits per heavy atom. The van der Waals surface area contributed by atoms with Gasteiger partial charge in [0.15, 0.2) is 0 Å². The molecule has 0 atom stereocenters. The number of nitrogens with zero attached hydrogens (tertiary/aromatic N) is 1. The minimum Gasteiger partial charge on any atom is -0.449 e. The highest BCUT2D eigenvalue weighted by Gasteiger charge is 2.16. The highest BCUT2D eigenvalue weighted by atomic mass is 16.6. The number of ether oxygens (including phenoxy) is 1. The smallest absolute Gasteiger partial charge is 0.421 e. The lowest BCUT2D eigenvalue weighted by atomic mass is 10.3. The molecule has 0 aliphatic heterocycles. The fourth-order valence-electron chi connectivity index (χ4n) is 1.03.